The van der Waals surface area contributed by atoms with E-state index in [4.69, 9.17) is 4.74 Å². The van der Waals surface area contributed by atoms with Crippen LogP contribution in [0.1, 0.15) is 60.3 Å². The van der Waals surface area contributed by atoms with Gasteiger partial charge in [-0.05, 0) is 46.0 Å². The standard InChI is InChI=1S/C14H28O/c1-13(2)11-9-7-6-8-10-12-15-14(3,4)5/h9,11,13H,6-8,10,12H2,1-5H3/b11-9+. The van der Waals surface area contributed by atoms with Gasteiger partial charge in [-0.3, -0.25) is 0 Å². The van der Waals surface area contributed by atoms with Crippen molar-refractivity contribution in [1.29, 1.82) is 0 Å². The molecule has 90 valence electrons. The monoisotopic (exact) mass is 212 g/mol. The first kappa shape index (κ1) is 14.7. The fraction of sp³-hybridized carbons (Fsp3) is 0.857. The summed E-state index contributed by atoms with van der Waals surface area (Å²) in [7, 11) is 0. The molecule has 0 rings (SSSR count). The van der Waals surface area contributed by atoms with Gasteiger partial charge in [0.2, 0.25) is 0 Å². The molecule has 15 heavy (non-hydrogen) atoms. The predicted molar refractivity (Wildman–Crippen MR) is 68.2 cm³/mol. The second kappa shape index (κ2) is 7.92. The lowest BCUT2D eigenvalue weighted by atomic mass is 10.1. The molecule has 0 N–H and O–H groups in total. The van der Waals surface area contributed by atoms with Crippen molar-refractivity contribution in [3.05, 3.63) is 12.2 Å². The number of unbranched alkanes of at least 4 members (excludes halogenated alkanes) is 3. The second-order valence-corrected chi connectivity index (χ2v) is 5.48. The molecular weight excluding hydrogens is 184 g/mol. The van der Waals surface area contributed by atoms with Crippen molar-refractivity contribution in [3.8, 4) is 0 Å². The van der Waals surface area contributed by atoms with E-state index in [9.17, 15) is 0 Å². The third-order valence-corrected chi connectivity index (χ3v) is 2.07. The molecule has 0 spiro atoms. The summed E-state index contributed by atoms with van der Waals surface area (Å²) < 4.78 is 5.66. The molecule has 0 aliphatic carbocycles. The van der Waals surface area contributed by atoms with E-state index in [0.29, 0.717) is 5.92 Å². The molecule has 0 atom stereocenters. The molecule has 0 aliphatic rings. The van der Waals surface area contributed by atoms with Gasteiger partial charge in [-0.25, -0.2) is 0 Å². The van der Waals surface area contributed by atoms with E-state index in [-0.39, 0.29) is 5.60 Å². The molecular formula is C14H28O. The summed E-state index contributed by atoms with van der Waals surface area (Å²) in [5.41, 5.74) is 0.0253. The number of ether oxygens (including phenoxy) is 1. The number of hydrogen-bond acceptors (Lipinski definition) is 1. The summed E-state index contributed by atoms with van der Waals surface area (Å²) in [5.74, 6) is 0.689. The second-order valence-electron chi connectivity index (χ2n) is 5.48. The highest BCUT2D eigenvalue weighted by Gasteiger charge is 2.08. The van der Waals surface area contributed by atoms with Gasteiger partial charge in [0.15, 0.2) is 0 Å². The molecule has 0 fully saturated rings. The Kier molecular flexibility index (Phi) is 7.76. The maximum atomic E-state index is 5.66. The molecule has 0 radical (unpaired) electrons. The summed E-state index contributed by atoms with van der Waals surface area (Å²) in [5, 5.41) is 0. The van der Waals surface area contributed by atoms with E-state index in [1.54, 1.807) is 0 Å². The van der Waals surface area contributed by atoms with Crippen molar-refractivity contribution in [3.63, 3.8) is 0 Å². The van der Waals surface area contributed by atoms with E-state index >= 15 is 0 Å². The van der Waals surface area contributed by atoms with Crippen molar-refractivity contribution < 1.29 is 4.74 Å². The Hall–Kier alpha value is -0.300. The van der Waals surface area contributed by atoms with Gasteiger partial charge in [0, 0.05) is 6.61 Å². The fourth-order valence-corrected chi connectivity index (χ4v) is 1.29. The molecule has 0 aromatic rings. The van der Waals surface area contributed by atoms with Crippen molar-refractivity contribution in [2.24, 2.45) is 5.92 Å². The Morgan fingerprint density at radius 2 is 1.73 bits per heavy atom. The summed E-state index contributed by atoms with van der Waals surface area (Å²) in [4.78, 5) is 0. The summed E-state index contributed by atoms with van der Waals surface area (Å²) in [6.45, 7) is 11.7. The molecule has 1 heteroatoms. The predicted octanol–water partition coefficient (Wildman–Crippen LogP) is 4.57. The van der Waals surface area contributed by atoms with Crippen LogP contribution in [0.2, 0.25) is 0 Å². The molecule has 0 heterocycles. The fourth-order valence-electron chi connectivity index (χ4n) is 1.29. The average molecular weight is 212 g/mol. The third kappa shape index (κ3) is 13.7. The molecule has 0 bridgehead atoms. The maximum Gasteiger partial charge on any atom is 0.0598 e. The van der Waals surface area contributed by atoms with Crippen molar-refractivity contribution in [2.75, 3.05) is 6.61 Å². The molecule has 0 amide bonds. The van der Waals surface area contributed by atoms with Crippen LogP contribution in [0.5, 0.6) is 0 Å². The Balaban J connectivity index is 3.19. The molecule has 0 unspecified atom stereocenters. The highest BCUT2D eigenvalue weighted by atomic mass is 16.5. The Labute approximate surface area is 95.9 Å². The lowest BCUT2D eigenvalue weighted by Crippen LogP contribution is -2.19. The smallest absolute Gasteiger partial charge is 0.0598 e. The first-order chi connectivity index (χ1) is 6.92. The summed E-state index contributed by atoms with van der Waals surface area (Å²) in [6, 6.07) is 0. The third-order valence-electron chi connectivity index (χ3n) is 2.07. The largest absolute Gasteiger partial charge is 0.376 e. The van der Waals surface area contributed by atoms with Crippen molar-refractivity contribution >= 4 is 0 Å². The number of rotatable bonds is 7. The van der Waals surface area contributed by atoms with Crippen molar-refractivity contribution in [1.82, 2.24) is 0 Å². The minimum atomic E-state index is 0.0253. The van der Waals surface area contributed by atoms with E-state index in [1.807, 2.05) is 0 Å². The van der Waals surface area contributed by atoms with Crippen molar-refractivity contribution in [2.45, 2.75) is 65.9 Å². The Morgan fingerprint density at radius 3 is 2.27 bits per heavy atom. The molecule has 0 aliphatic heterocycles. The molecule has 0 saturated carbocycles. The van der Waals surface area contributed by atoms with Crippen LogP contribution in [-0.2, 0) is 4.74 Å². The van der Waals surface area contributed by atoms with Gasteiger partial charge >= 0.3 is 0 Å². The van der Waals surface area contributed by atoms with Gasteiger partial charge in [0.25, 0.3) is 0 Å². The van der Waals surface area contributed by atoms with Gasteiger partial charge in [0.05, 0.1) is 5.60 Å². The van der Waals surface area contributed by atoms with Gasteiger partial charge < -0.3 is 4.74 Å². The van der Waals surface area contributed by atoms with E-state index in [1.165, 1.54) is 25.7 Å². The molecule has 1 nitrogen and oxygen atoms in total. The lowest BCUT2D eigenvalue weighted by Gasteiger charge is -2.19. The quantitative estimate of drug-likeness (QED) is 0.443. The van der Waals surface area contributed by atoms with Gasteiger partial charge in [-0.2, -0.15) is 0 Å². The van der Waals surface area contributed by atoms with Crippen LogP contribution in [-0.4, -0.2) is 12.2 Å². The Morgan fingerprint density at radius 1 is 1.07 bits per heavy atom. The number of allylic oxidation sites excluding steroid dienone is 2. The van der Waals surface area contributed by atoms with Crippen LogP contribution < -0.4 is 0 Å². The molecule has 0 saturated heterocycles. The summed E-state index contributed by atoms with van der Waals surface area (Å²) in [6.07, 6.45) is 9.55. The highest BCUT2D eigenvalue weighted by Crippen LogP contribution is 2.09. The van der Waals surface area contributed by atoms with E-state index < -0.39 is 0 Å². The van der Waals surface area contributed by atoms with Crippen LogP contribution >= 0.6 is 0 Å². The number of hydrogen-bond donors (Lipinski definition) is 0. The topological polar surface area (TPSA) is 9.23 Å². The van der Waals surface area contributed by atoms with Gasteiger partial charge in [-0.1, -0.05) is 32.4 Å². The zero-order valence-electron chi connectivity index (χ0n) is 11.2. The first-order valence-electron chi connectivity index (χ1n) is 6.22. The normalized spacial score (nSPS) is 12.9. The van der Waals surface area contributed by atoms with E-state index in [0.717, 1.165) is 6.61 Å². The average Bonchev–Trinajstić information content (AvgIpc) is 2.07. The minimum absolute atomic E-state index is 0.0253. The van der Waals surface area contributed by atoms with Crippen LogP contribution in [0.15, 0.2) is 12.2 Å². The van der Waals surface area contributed by atoms with Gasteiger partial charge in [-0.15, -0.1) is 0 Å². The van der Waals surface area contributed by atoms with Crippen LogP contribution in [0.4, 0.5) is 0 Å². The van der Waals surface area contributed by atoms with Crippen LogP contribution in [0, 0.1) is 5.92 Å². The zero-order valence-corrected chi connectivity index (χ0v) is 11.2. The van der Waals surface area contributed by atoms with Crippen LogP contribution in [0.3, 0.4) is 0 Å². The Bertz CT molecular complexity index is 163. The zero-order chi connectivity index (χ0) is 11.7. The molecule has 0 aromatic heterocycles. The lowest BCUT2D eigenvalue weighted by molar-refractivity contribution is -0.00468. The SMILES string of the molecule is CC(C)/C=C/CCCCCOC(C)(C)C. The summed E-state index contributed by atoms with van der Waals surface area (Å²) >= 11 is 0. The minimum Gasteiger partial charge on any atom is -0.376 e. The first-order valence-corrected chi connectivity index (χ1v) is 6.22. The van der Waals surface area contributed by atoms with Crippen LogP contribution in [0.25, 0.3) is 0 Å². The molecule has 0 aromatic carbocycles. The maximum absolute atomic E-state index is 5.66. The van der Waals surface area contributed by atoms with E-state index in [2.05, 4.69) is 46.8 Å². The highest BCUT2D eigenvalue weighted by molar-refractivity contribution is 4.83. The van der Waals surface area contributed by atoms with Gasteiger partial charge in [0.1, 0.15) is 0 Å².